The van der Waals surface area contributed by atoms with Gasteiger partial charge in [-0.05, 0) is 23.8 Å². The van der Waals surface area contributed by atoms with Crippen LogP contribution in [0.25, 0.3) is 0 Å². The lowest BCUT2D eigenvalue weighted by molar-refractivity contribution is -0.158. The molecule has 1 atom stereocenters. The highest BCUT2D eigenvalue weighted by atomic mass is 35.5. The molecule has 1 unspecified atom stereocenters. The van der Waals surface area contributed by atoms with Gasteiger partial charge in [-0.3, -0.25) is 4.79 Å². The van der Waals surface area contributed by atoms with Crippen LogP contribution in [0.15, 0.2) is 47.6 Å². The van der Waals surface area contributed by atoms with E-state index in [0.29, 0.717) is 23.1 Å². The van der Waals surface area contributed by atoms with Crippen molar-refractivity contribution in [3.63, 3.8) is 0 Å². The van der Waals surface area contributed by atoms with Gasteiger partial charge in [0.25, 0.3) is 0 Å². The minimum atomic E-state index is -0.539. The largest absolute Gasteiger partial charge is 0.466 e. The van der Waals surface area contributed by atoms with Crippen molar-refractivity contribution in [1.29, 1.82) is 0 Å². The topological polar surface area (TPSA) is 45.1 Å². The number of nitrogens with zero attached hydrogens (tertiary/aromatic N) is 3. The number of hydrazone groups is 1. The van der Waals surface area contributed by atoms with Gasteiger partial charge in [-0.15, -0.1) is 0 Å². The average Bonchev–Trinajstić information content (AvgIpc) is 3.17. The molecule has 2 aromatic carbocycles. The van der Waals surface area contributed by atoms with Crippen LogP contribution in [-0.4, -0.2) is 40.3 Å². The summed E-state index contributed by atoms with van der Waals surface area (Å²) in [7, 11) is 0. The number of ether oxygens (including phenoxy) is 1. The van der Waals surface area contributed by atoms with Gasteiger partial charge in [-0.2, -0.15) is 5.10 Å². The molecule has 0 N–H and O–H groups in total. The van der Waals surface area contributed by atoms with Gasteiger partial charge >= 0.3 is 0 Å². The minimum Gasteiger partial charge on any atom is -0.466 e. The number of carbonyl (C=O) groups is 1. The van der Waals surface area contributed by atoms with Crippen LogP contribution in [0.4, 0.5) is 0 Å². The summed E-state index contributed by atoms with van der Waals surface area (Å²) >= 11 is 12.3. The van der Waals surface area contributed by atoms with Crippen LogP contribution < -0.4 is 4.74 Å². The van der Waals surface area contributed by atoms with Gasteiger partial charge in [-0.1, -0.05) is 47.5 Å². The fourth-order valence-electron chi connectivity index (χ4n) is 4.58. The third kappa shape index (κ3) is 3.08. The Kier molecular flexibility index (Phi) is 4.48. The van der Waals surface area contributed by atoms with Crippen LogP contribution >= 0.6 is 23.2 Å². The first kappa shape index (κ1) is 18.8. The smallest absolute Gasteiger partial charge is 0.219 e. The molecule has 0 aliphatic carbocycles. The van der Waals surface area contributed by atoms with Crippen molar-refractivity contribution in [2.45, 2.75) is 38.0 Å². The lowest BCUT2D eigenvalue weighted by Crippen LogP contribution is -2.59. The second-order valence-corrected chi connectivity index (χ2v) is 8.65. The number of likely N-dealkylation sites (tertiary alicyclic amines) is 1. The summed E-state index contributed by atoms with van der Waals surface area (Å²) in [4.78, 5) is 13.7. The lowest BCUT2D eigenvalue weighted by Gasteiger charge is -2.51. The Labute approximate surface area is 179 Å². The van der Waals surface area contributed by atoms with E-state index in [1.165, 1.54) is 0 Å². The molecule has 1 fully saturated rings. The van der Waals surface area contributed by atoms with Crippen LogP contribution in [0, 0.1) is 0 Å². The Morgan fingerprint density at radius 2 is 1.90 bits per heavy atom. The monoisotopic (exact) mass is 429 g/mol. The summed E-state index contributed by atoms with van der Waals surface area (Å²) in [6.45, 7) is 2.95. The van der Waals surface area contributed by atoms with E-state index in [1.807, 2.05) is 41.3 Å². The van der Waals surface area contributed by atoms with Gasteiger partial charge in [0.2, 0.25) is 11.6 Å². The summed E-state index contributed by atoms with van der Waals surface area (Å²) in [6.07, 6.45) is 2.21. The fourth-order valence-corrected chi connectivity index (χ4v) is 4.88. The highest BCUT2D eigenvalue weighted by molar-refractivity contribution is 6.42. The molecule has 1 amide bonds. The molecular formula is C22H21Cl2N3O2. The van der Waals surface area contributed by atoms with E-state index in [2.05, 4.69) is 11.1 Å². The maximum Gasteiger partial charge on any atom is 0.219 e. The molecule has 1 saturated heterocycles. The molecule has 1 spiro atoms. The summed E-state index contributed by atoms with van der Waals surface area (Å²) < 4.78 is 6.56. The minimum absolute atomic E-state index is 0.105. The Morgan fingerprint density at radius 1 is 1.14 bits per heavy atom. The number of hydrogen-bond donors (Lipinski definition) is 0. The first-order valence-corrected chi connectivity index (χ1v) is 10.6. The zero-order valence-electron chi connectivity index (χ0n) is 16.1. The maximum atomic E-state index is 11.8. The molecule has 2 aromatic rings. The fraction of sp³-hybridized carbons (Fsp3) is 0.364. The average molecular weight is 430 g/mol. The van der Waals surface area contributed by atoms with Gasteiger partial charge in [0.05, 0.1) is 21.8 Å². The van der Waals surface area contributed by atoms with Gasteiger partial charge < -0.3 is 9.64 Å². The number of piperidine rings is 1. The van der Waals surface area contributed by atoms with Crippen LogP contribution in [0.5, 0.6) is 5.75 Å². The van der Waals surface area contributed by atoms with Crippen LogP contribution in [0.3, 0.4) is 0 Å². The Bertz CT molecular complexity index is 1010. The first-order valence-electron chi connectivity index (χ1n) is 9.82. The van der Waals surface area contributed by atoms with Crippen molar-refractivity contribution in [3.05, 3.63) is 63.6 Å². The molecule has 7 heteroatoms. The number of rotatable bonds is 1. The summed E-state index contributed by atoms with van der Waals surface area (Å²) in [6, 6.07) is 13.9. The standard InChI is InChI=1S/C22H21Cl2N3O2/c1-14(28)26-10-8-22(9-11-26)27-20(16-4-2-3-5-21(16)29-22)13-19(25-27)15-6-7-17(23)18(24)12-15/h2-7,12,20H,8-11,13H2,1H3. The van der Waals surface area contributed by atoms with E-state index in [0.717, 1.165) is 41.9 Å². The second-order valence-electron chi connectivity index (χ2n) is 7.83. The molecule has 0 radical (unpaired) electrons. The quantitative estimate of drug-likeness (QED) is 0.648. The van der Waals surface area contributed by atoms with Crippen LogP contribution in [0.1, 0.15) is 43.4 Å². The van der Waals surface area contributed by atoms with E-state index in [9.17, 15) is 4.79 Å². The third-order valence-corrected chi connectivity index (χ3v) is 6.89. The summed E-state index contributed by atoms with van der Waals surface area (Å²) in [5.74, 6) is 1.02. The van der Waals surface area contributed by atoms with Gasteiger partial charge in [-0.25, -0.2) is 5.01 Å². The van der Waals surface area contributed by atoms with Crippen molar-refractivity contribution < 1.29 is 9.53 Å². The highest BCUT2D eigenvalue weighted by Gasteiger charge is 2.52. The number of amides is 1. The Balaban J connectivity index is 1.54. The molecule has 0 bridgehead atoms. The number of benzene rings is 2. The van der Waals surface area contributed by atoms with Crippen molar-refractivity contribution in [2.75, 3.05) is 13.1 Å². The lowest BCUT2D eigenvalue weighted by atomic mass is 9.90. The Morgan fingerprint density at radius 3 is 2.62 bits per heavy atom. The zero-order valence-corrected chi connectivity index (χ0v) is 17.6. The van der Waals surface area contributed by atoms with E-state index in [-0.39, 0.29) is 11.9 Å². The predicted molar refractivity (Wildman–Crippen MR) is 113 cm³/mol. The number of carbonyl (C=O) groups excluding carboxylic acids is 1. The van der Waals surface area contributed by atoms with Crippen LogP contribution in [0.2, 0.25) is 10.0 Å². The third-order valence-electron chi connectivity index (χ3n) is 6.15. The molecule has 5 rings (SSSR count). The van der Waals surface area contributed by atoms with Crippen molar-refractivity contribution in [1.82, 2.24) is 9.91 Å². The summed E-state index contributed by atoms with van der Waals surface area (Å²) in [5.41, 5.74) is 2.55. The Hall–Kier alpha value is -2.24. The molecule has 29 heavy (non-hydrogen) atoms. The first-order chi connectivity index (χ1) is 14.0. The maximum absolute atomic E-state index is 11.8. The van der Waals surface area contributed by atoms with E-state index in [4.69, 9.17) is 33.0 Å². The summed E-state index contributed by atoms with van der Waals surface area (Å²) in [5, 5.41) is 8.21. The number of hydrogen-bond acceptors (Lipinski definition) is 4. The zero-order chi connectivity index (χ0) is 20.2. The molecule has 3 heterocycles. The van der Waals surface area contributed by atoms with Gasteiger partial charge in [0.1, 0.15) is 5.75 Å². The number of para-hydroxylation sites is 1. The molecule has 5 nitrogen and oxygen atoms in total. The SMILES string of the molecule is CC(=O)N1CCC2(CC1)Oc1ccccc1C1CC(c3ccc(Cl)c(Cl)c3)=NN12. The predicted octanol–water partition coefficient (Wildman–Crippen LogP) is 4.88. The van der Waals surface area contributed by atoms with Crippen molar-refractivity contribution in [3.8, 4) is 5.75 Å². The van der Waals surface area contributed by atoms with E-state index in [1.54, 1.807) is 6.92 Å². The molecule has 3 aliphatic heterocycles. The highest BCUT2D eigenvalue weighted by Crippen LogP contribution is 2.50. The van der Waals surface area contributed by atoms with E-state index >= 15 is 0 Å². The van der Waals surface area contributed by atoms with E-state index < -0.39 is 5.72 Å². The molecule has 0 saturated carbocycles. The molecule has 0 aromatic heterocycles. The number of halogens is 2. The second kappa shape index (κ2) is 6.92. The van der Waals surface area contributed by atoms with Crippen molar-refractivity contribution in [2.24, 2.45) is 5.10 Å². The van der Waals surface area contributed by atoms with Gasteiger partial charge in [0, 0.05) is 44.8 Å². The normalized spacial score (nSPS) is 22.0. The van der Waals surface area contributed by atoms with Crippen molar-refractivity contribution >= 4 is 34.8 Å². The molecule has 150 valence electrons. The van der Waals surface area contributed by atoms with Gasteiger partial charge in [0.15, 0.2) is 0 Å². The molecule has 3 aliphatic rings. The number of fused-ring (bicyclic) bond motifs is 4. The van der Waals surface area contributed by atoms with Crippen LogP contribution in [-0.2, 0) is 4.79 Å². The molecular weight excluding hydrogens is 409 g/mol.